The molecule has 0 spiro atoms. The number of nitrogens with zero attached hydrogens (tertiary/aromatic N) is 2. The molecule has 4 rings (SSSR count). The van der Waals surface area contributed by atoms with Gasteiger partial charge >= 0.3 is 0 Å². The van der Waals surface area contributed by atoms with Crippen molar-refractivity contribution in [3.05, 3.63) is 94.5 Å². The van der Waals surface area contributed by atoms with Crippen LogP contribution >= 0.6 is 0 Å². The van der Waals surface area contributed by atoms with Crippen molar-refractivity contribution < 1.29 is 9.84 Å². The van der Waals surface area contributed by atoms with Crippen LogP contribution in [0.1, 0.15) is 11.4 Å². The minimum Gasteiger partial charge on any atom is -0.507 e. The highest BCUT2D eigenvalue weighted by Gasteiger charge is 2.11. The number of benzene rings is 3. The molecule has 5 heteroatoms. The molecule has 1 N–H and O–H groups in total. The number of rotatable bonds is 4. The van der Waals surface area contributed by atoms with Gasteiger partial charge in [0.05, 0.1) is 29.3 Å². The first-order chi connectivity index (χ1) is 13.7. The monoisotopic (exact) mass is 370 g/mol. The number of methoxy groups -OCH3 is 1. The number of fused-ring (bicyclic) bond motifs is 1. The summed E-state index contributed by atoms with van der Waals surface area (Å²) in [7, 11) is 1.54. The lowest BCUT2D eigenvalue weighted by molar-refractivity contribution is 0.406. The van der Waals surface area contributed by atoms with Crippen LogP contribution in [0.25, 0.3) is 28.7 Å². The average molecular weight is 370 g/mol. The Kier molecular flexibility index (Phi) is 4.64. The summed E-state index contributed by atoms with van der Waals surface area (Å²) in [5, 5.41) is 10.7. The zero-order chi connectivity index (χ0) is 19.5. The lowest BCUT2D eigenvalue weighted by Gasteiger charge is -2.12. The van der Waals surface area contributed by atoms with Crippen LogP contribution in [0.15, 0.2) is 77.6 Å². The van der Waals surface area contributed by atoms with E-state index >= 15 is 0 Å². The van der Waals surface area contributed by atoms with Crippen LogP contribution in [0.4, 0.5) is 0 Å². The molecule has 0 aliphatic carbocycles. The second kappa shape index (κ2) is 7.40. The molecule has 0 bridgehead atoms. The Morgan fingerprint density at radius 1 is 0.929 bits per heavy atom. The first-order valence-electron chi connectivity index (χ1n) is 8.80. The van der Waals surface area contributed by atoms with E-state index in [4.69, 9.17) is 4.74 Å². The molecule has 1 heterocycles. The number of aromatic nitrogens is 2. The Morgan fingerprint density at radius 2 is 1.68 bits per heavy atom. The Bertz CT molecular complexity index is 1230. The van der Waals surface area contributed by atoms with Gasteiger partial charge in [0.15, 0.2) is 0 Å². The molecule has 0 amide bonds. The molecular weight excluding hydrogens is 352 g/mol. The summed E-state index contributed by atoms with van der Waals surface area (Å²) >= 11 is 0. The van der Waals surface area contributed by atoms with Gasteiger partial charge in [0.2, 0.25) is 0 Å². The van der Waals surface area contributed by atoms with Crippen molar-refractivity contribution in [3.63, 3.8) is 0 Å². The fourth-order valence-corrected chi connectivity index (χ4v) is 3.12. The van der Waals surface area contributed by atoms with E-state index in [-0.39, 0.29) is 11.3 Å². The molecule has 1 aromatic heterocycles. The van der Waals surface area contributed by atoms with Crippen LogP contribution in [-0.2, 0) is 0 Å². The molecule has 28 heavy (non-hydrogen) atoms. The Labute approximate surface area is 161 Å². The molecule has 0 aliphatic heterocycles. The van der Waals surface area contributed by atoms with Crippen LogP contribution in [0.5, 0.6) is 11.5 Å². The zero-order valence-corrected chi connectivity index (χ0v) is 15.2. The number of hydrogen-bond acceptors (Lipinski definition) is 4. The van der Waals surface area contributed by atoms with Gasteiger partial charge in [-0.2, -0.15) is 0 Å². The summed E-state index contributed by atoms with van der Waals surface area (Å²) < 4.78 is 6.88. The lowest BCUT2D eigenvalue weighted by Crippen LogP contribution is -2.22. The van der Waals surface area contributed by atoms with Crippen molar-refractivity contribution >= 4 is 23.1 Å². The smallest absolute Gasteiger partial charge is 0.266 e. The van der Waals surface area contributed by atoms with Gasteiger partial charge in [-0.15, -0.1) is 0 Å². The van der Waals surface area contributed by atoms with Gasteiger partial charge in [0.1, 0.15) is 17.3 Å². The average Bonchev–Trinajstić information content (AvgIpc) is 2.73. The summed E-state index contributed by atoms with van der Waals surface area (Å²) in [4.78, 5) is 17.8. The third-order valence-electron chi connectivity index (χ3n) is 4.48. The maximum atomic E-state index is 13.2. The number of phenols is 1. The maximum absolute atomic E-state index is 13.2. The van der Waals surface area contributed by atoms with Crippen molar-refractivity contribution in [2.24, 2.45) is 0 Å². The quantitative estimate of drug-likeness (QED) is 0.583. The van der Waals surface area contributed by atoms with Crippen molar-refractivity contribution in [3.8, 4) is 17.2 Å². The maximum Gasteiger partial charge on any atom is 0.266 e. The summed E-state index contributed by atoms with van der Waals surface area (Å²) in [6.07, 6.45) is 3.41. The number of para-hydroxylation sites is 2. The van der Waals surface area contributed by atoms with Crippen LogP contribution in [0.2, 0.25) is 0 Å². The molecule has 0 fully saturated rings. The normalized spacial score (nSPS) is 11.2. The molecular formula is C23H18N2O3. The van der Waals surface area contributed by atoms with Gasteiger partial charge in [-0.3, -0.25) is 9.36 Å². The Hall–Kier alpha value is -3.86. The molecule has 0 radical (unpaired) electrons. The lowest BCUT2D eigenvalue weighted by atomic mass is 10.1. The second-order valence-corrected chi connectivity index (χ2v) is 6.19. The van der Waals surface area contributed by atoms with Gasteiger partial charge in [-0.1, -0.05) is 36.4 Å². The third-order valence-corrected chi connectivity index (χ3v) is 4.48. The van der Waals surface area contributed by atoms with Gasteiger partial charge in [-0.25, -0.2) is 4.98 Å². The fourth-order valence-electron chi connectivity index (χ4n) is 3.12. The highest BCUT2D eigenvalue weighted by molar-refractivity contribution is 5.81. The predicted octanol–water partition coefficient (Wildman–Crippen LogP) is 4.27. The predicted molar refractivity (Wildman–Crippen MR) is 111 cm³/mol. The zero-order valence-electron chi connectivity index (χ0n) is 15.2. The van der Waals surface area contributed by atoms with Crippen LogP contribution in [0, 0.1) is 0 Å². The van der Waals surface area contributed by atoms with E-state index in [2.05, 4.69) is 4.98 Å². The number of hydrogen-bond donors (Lipinski definition) is 1. The van der Waals surface area contributed by atoms with Gasteiger partial charge in [0, 0.05) is 0 Å². The molecule has 0 aliphatic rings. The molecule has 5 nitrogen and oxygen atoms in total. The van der Waals surface area contributed by atoms with E-state index < -0.39 is 0 Å². The van der Waals surface area contributed by atoms with E-state index in [1.54, 1.807) is 48.1 Å². The summed E-state index contributed by atoms with van der Waals surface area (Å²) in [6.45, 7) is 0. The second-order valence-electron chi connectivity index (χ2n) is 6.19. The van der Waals surface area contributed by atoms with Crippen LogP contribution in [-0.4, -0.2) is 21.8 Å². The van der Waals surface area contributed by atoms with Crippen LogP contribution in [0.3, 0.4) is 0 Å². The highest BCUT2D eigenvalue weighted by Crippen LogP contribution is 2.29. The van der Waals surface area contributed by atoms with Gasteiger partial charge < -0.3 is 9.84 Å². The SMILES string of the molecule is COc1cccc(O)c1/C=C/c1nc2ccccc2c(=O)n1-c1ccccc1. The molecule has 138 valence electrons. The number of phenolic OH excluding ortho intramolecular Hbond substituents is 1. The summed E-state index contributed by atoms with van der Waals surface area (Å²) in [5.41, 5.74) is 1.70. The van der Waals surface area contributed by atoms with E-state index in [1.807, 2.05) is 48.5 Å². The van der Waals surface area contributed by atoms with Crippen molar-refractivity contribution in [2.75, 3.05) is 7.11 Å². The largest absolute Gasteiger partial charge is 0.507 e. The van der Waals surface area contributed by atoms with E-state index in [0.29, 0.717) is 28.0 Å². The molecule has 4 aromatic rings. The summed E-state index contributed by atoms with van der Waals surface area (Å²) in [6, 6.07) is 21.7. The Morgan fingerprint density at radius 3 is 2.46 bits per heavy atom. The van der Waals surface area contributed by atoms with E-state index in [9.17, 15) is 9.90 Å². The molecule has 0 atom stereocenters. The van der Waals surface area contributed by atoms with Gasteiger partial charge in [-0.05, 0) is 48.6 Å². The number of ether oxygens (including phenoxy) is 1. The van der Waals surface area contributed by atoms with E-state index in [1.165, 1.54) is 0 Å². The van der Waals surface area contributed by atoms with Gasteiger partial charge in [0.25, 0.3) is 5.56 Å². The first-order valence-corrected chi connectivity index (χ1v) is 8.80. The standard InChI is InChI=1S/C23H18N2O3/c1-28-21-13-7-12-20(26)18(21)14-15-22-24-19-11-6-5-10-17(19)23(27)25(22)16-8-3-2-4-9-16/h2-15,26H,1H3/b15-14+. The Balaban J connectivity index is 1.95. The van der Waals surface area contributed by atoms with Crippen molar-refractivity contribution in [1.82, 2.24) is 9.55 Å². The minimum absolute atomic E-state index is 0.0880. The molecule has 0 saturated heterocycles. The third kappa shape index (κ3) is 3.14. The fraction of sp³-hybridized carbons (Fsp3) is 0.0435. The van der Waals surface area contributed by atoms with Crippen molar-refractivity contribution in [2.45, 2.75) is 0 Å². The first kappa shape index (κ1) is 17.5. The van der Waals surface area contributed by atoms with Crippen molar-refractivity contribution in [1.29, 1.82) is 0 Å². The summed E-state index contributed by atoms with van der Waals surface area (Å²) in [5.74, 6) is 1.08. The van der Waals surface area contributed by atoms with Crippen LogP contribution < -0.4 is 10.3 Å². The molecule has 3 aromatic carbocycles. The number of aromatic hydroxyl groups is 1. The molecule has 0 unspecified atom stereocenters. The topological polar surface area (TPSA) is 64.3 Å². The highest BCUT2D eigenvalue weighted by atomic mass is 16.5. The molecule has 0 saturated carbocycles. The van der Waals surface area contributed by atoms with E-state index in [0.717, 1.165) is 5.69 Å². The minimum atomic E-state index is -0.152.